The maximum absolute atomic E-state index is 13.8. The molecule has 0 aromatic carbocycles. The van der Waals surface area contributed by atoms with Crippen LogP contribution in [0.5, 0.6) is 0 Å². The Hall–Kier alpha value is -1.22. The maximum atomic E-state index is 13.8. The Labute approximate surface area is 217 Å². The lowest BCUT2D eigenvalue weighted by Gasteiger charge is -2.42. The molecular weight excluding hydrogens is 454 g/mol. The number of hydrogen-bond donors (Lipinski definition) is 3. The summed E-state index contributed by atoms with van der Waals surface area (Å²) in [4.78, 5) is 29.7. The van der Waals surface area contributed by atoms with E-state index in [1.54, 1.807) is 6.92 Å². The number of nitrogens with zero attached hydrogens (tertiary/aromatic N) is 2. The van der Waals surface area contributed by atoms with E-state index in [9.17, 15) is 9.59 Å². The first-order chi connectivity index (χ1) is 17.5. The summed E-state index contributed by atoms with van der Waals surface area (Å²) in [5.74, 6) is 2.18. The number of likely N-dealkylation sites (tertiary alicyclic amines) is 1. The van der Waals surface area contributed by atoms with Crippen LogP contribution in [0, 0.1) is 17.8 Å². The first-order valence-electron chi connectivity index (χ1n) is 14.8. The van der Waals surface area contributed by atoms with Crippen LogP contribution >= 0.6 is 0 Å². The number of nitrogens with one attached hydrogen (secondary N) is 3. The van der Waals surface area contributed by atoms with Gasteiger partial charge in [-0.05, 0) is 82.5 Å². The van der Waals surface area contributed by atoms with Crippen LogP contribution in [0.1, 0.15) is 84.0 Å². The lowest BCUT2D eigenvalue weighted by molar-refractivity contribution is -0.141. The van der Waals surface area contributed by atoms with Gasteiger partial charge in [0, 0.05) is 64.3 Å². The number of rotatable bonds is 7. The highest BCUT2D eigenvalue weighted by atomic mass is 16.5. The van der Waals surface area contributed by atoms with Gasteiger partial charge in [0.05, 0.1) is 6.10 Å². The Morgan fingerprint density at radius 3 is 2.14 bits per heavy atom. The molecule has 0 bridgehead atoms. The van der Waals surface area contributed by atoms with E-state index in [0.717, 1.165) is 83.5 Å². The average molecular weight is 504 g/mol. The van der Waals surface area contributed by atoms with Crippen molar-refractivity contribution in [2.45, 2.75) is 114 Å². The molecule has 204 valence electrons. The molecule has 2 saturated heterocycles. The van der Waals surface area contributed by atoms with Crippen molar-refractivity contribution in [3.05, 3.63) is 0 Å². The molecule has 5 fully saturated rings. The maximum Gasteiger partial charge on any atom is 0.226 e. The van der Waals surface area contributed by atoms with Gasteiger partial charge in [-0.25, -0.2) is 0 Å². The Morgan fingerprint density at radius 1 is 0.861 bits per heavy atom. The molecule has 3 aliphatic carbocycles. The van der Waals surface area contributed by atoms with Gasteiger partial charge in [-0.1, -0.05) is 6.42 Å². The molecule has 2 aliphatic heterocycles. The van der Waals surface area contributed by atoms with E-state index in [0.29, 0.717) is 36.1 Å². The fourth-order valence-electron chi connectivity index (χ4n) is 7.41. The van der Waals surface area contributed by atoms with Gasteiger partial charge in [0.25, 0.3) is 0 Å². The Morgan fingerprint density at radius 2 is 1.53 bits per heavy atom. The van der Waals surface area contributed by atoms with Gasteiger partial charge >= 0.3 is 0 Å². The molecule has 2 amide bonds. The molecule has 2 heterocycles. The summed E-state index contributed by atoms with van der Waals surface area (Å²) < 4.78 is 5.55. The zero-order valence-corrected chi connectivity index (χ0v) is 22.6. The van der Waals surface area contributed by atoms with E-state index < -0.39 is 0 Å². The van der Waals surface area contributed by atoms with Gasteiger partial charge in [0.1, 0.15) is 6.29 Å². The highest BCUT2D eigenvalue weighted by Crippen LogP contribution is 2.36. The number of carbonyl (C=O) groups excluding carboxylic acids is 2. The lowest BCUT2D eigenvalue weighted by atomic mass is 9.78. The second kappa shape index (κ2) is 12.1. The quantitative estimate of drug-likeness (QED) is 0.495. The highest BCUT2D eigenvalue weighted by molar-refractivity contribution is 5.80. The third-order valence-electron chi connectivity index (χ3n) is 9.81. The minimum Gasteiger partial charge on any atom is -0.381 e. The second-order valence-electron chi connectivity index (χ2n) is 12.2. The number of piperidine rings is 1. The van der Waals surface area contributed by atoms with Crippen molar-refractivity contribution in [3.8, 4) is 0 Å². The van der Waals surface area contributed by atoms with Crippen molar-refractivity contribution in [1.29, 1.82) is 0 Å². The fourth-order valence-corrected chi connectivity index (χ4v) is 7.41. The molecule has 0 aromatic heterocycles. The summed E-state index contributed by atoms with van der Waals surface area (Å²) >= 11 is 0. The molecule has 5 rings (SSSR count). The summed E-state index contributed by atoms with van der Waals surface area (Å²) in [5, 5.41) is 11.2. The van der Waals surface area contributed by atoms with Crippen molar-refractivity contribution in [3.63, 3.8) is 0 Å². The van der Waals surface area contributed by atoms with Crippen LogP contribution < -0.4 is 16.0 Å². The van der Waals surface area contributed by atoms with Crippen LogP contribution in [0.4, 0.5) is 0 Å². The van der Waals surface area contributed by atoms with E-state index in [1.807, 2.05) is 12.0 Å². The van der Waals surface area contributed by atoms with Crippen LogP contribution in [0.3, 0.4) is 0 Å². The molecule has 0 spiro atoms. The third kappa shape index (κ3) is 6.43. The van der Waals surface area contributed by atoms with Gasteiger partial charge in [-0.15, -0.1) is 0 Å². The smallest absolute Gasteiger partial charge is 0.226 e. The number of hydrogen-bond acceptors (Lipinski definition) is 6. The number of carbonyl (C=O) groups is 2. The SMILES string of the molecule is COC1CCC(C2CNC(NC3CCCC(C(=O)N(C4CC4)C4CCN(C(C)=O)CC4)C3)NC2)CC1. The average Bonchev–Trinajstić information content (AvgIpc) is 3.75. The Balaban J connectivity index is 1.08. The van der Waals surface area contributed by atoms with E-state index >= 15 is 0 Å². The van der Waals surface area contributed by atoms with Gasteiger partial charge in [0.2, 0.25) is 11.8 Å². The first-order valence-corrected chi connectivity index (χ1v) is 14.8. The highest BCUT2D eigenvalue weighted by Gasteiger charge is 2.42. The van der Waals surface area contributed by atoms with Crippen LogP contribution in [-0.2, 0) is 14.3 Å². The topological polar surface area (TPSA) is 85.9 Å². The van der Waals surface area contributed by atoms with Crippen LogP contribution in [-0.4, -0.2) is 85.4 Å². The molecule has 5 aliphatic rings. The fraction of sp³-hybridized carbons (Fsp3) is 0.929. The van der Waals surface area contributed by atoms with E-state index in [1.165, 1.54) is 25.7 Å². The molecule has 36 heavy (non-hydrogen) atoms. The van der Waals surface area contributed by atoms with Crippen LogP contribution in [0.15, 0.2) is 0 Å². The minimum atomic E-state index is 0.134. The summed E-state index contributed by atoms with van der Waals surface area (Å²) in [6, 6.07) is 1.13. The second-order valence-corrected chi connectivity index (χ2v) is 12.2. The molecule has 0 aromatic rings. The predicted octanol–water partition coefficient (Wildman–Crippen LogP) is 2.43. The summed E-state index contributed by atoms with van der Waals surface area (Å²) in [6.07, 6.45) is 14.0. The Bertz CT molecular complexity index is 737. The molecular formula is C28H49N5O3. The molecule has 8 nitrogen and oxygen atoms in total. The third-order valence-corrected chi connectivity index (χ3v) is 9.81. The normalized spacial score (nSPS) is 36.4. The Kier molecular flexibility index (Phi) is 8.87. The van der Waals surface area contributed by atoms with Gasteiger partial charge in [0.15, 0.2) is 0 Å². The van der Waals surface area contributed by atoms with Crippen molar-refractivity contribution < 1.29 is 14.3 Å². The van der Waals surface area contributed by atoms with Gasteiger partial charge in [-0.2, -0.15) is 0 Å². The zero-order valence-electron chi connectivity index (χ0n) is 22.6. The van der Waals surface area contributed by atoms with Crippen molar-refractivity contribution in [1.82, 2.24) is 25.8 Å². The number of ether oxygens (including phenoxy) is 1. The summed E-state index contributed by atoms with van der Waals surface area (Å²) in [6.45, 7) is 5.37. The standard InChI is InChI=1S/C28H49N5O3/c1-19(34)32-14-12-25(13-15-32)33(24-8-9-24)27(35)21-4-3-5-23(16-21)31-28-29-17-22(18-30-28)20-6-10-26(36-2)11-7-20/h20-26,28-31H,3-18H2,1-2H3. The van der Waals surface area contributed by atoms with Crippen molar-refractivity contribution in [2.24, 2.45) is 17.8 Å². The molecule has 2 atom stereocenters. The van der Waals surface area contributed by atoms with Crippen molar-refractivity contribution >= 4 is 11.8 Å². The summed E-state index contributed by atoms with van der Waals surface area (Å²) in [5.41, 5.74) is 0. The van der Waals surface area contributed by atoms with E-state index in [2.05, 4.69) is 20.9 Å². The van der Waals surface area contributed by atoms with Gasteiger partial charge < -0.3 is 14.5 Å². The molecule has 3 saturated carbocycles. The lowest BCUT2D eigenvalue weighted by Crippen LogP contribution is -2.63. The first kappa shape index (κ1) is 26.4. The molecule has 8 heteroatoms. The molecule has 0 radical (unpaired) electrons. The molecule has 3 N–H and O–H groups in total. The minimum absolute atomic E-state index is 0.134. The summed E-state index contributed by atoms with van der Waals surface area (Å²) in [7, 11) is 1.84. The van der Waals surface area contributed by atoms with Crippen molar-refractivity contribution in [2.75, 3.05) is 33.3 Å². The van der Waals surface area contributed by atoms with E-state index in [-0.39, 0.29) is 18.1 Å². The largest absolute Gasteiger partial charge is 0.381 e. The van der Waals surface area contributed by atoms with Crippen LogP contribution in [0.25, 0.3) is 0 Å². The number of methoxy groups -OCH3 is 1. The predicted molar refractivity (Wildman–Crippen MR) is 140 cm³/mol. The van der Waals surface area contributed by atoms with E-state index in [4.69, 9.17) is 4.74 Å². The monoisotopic (exact) mass is 503 g/mol. The molecule has 2 unspecified atom stereocenters. The van der Waals surface area contributed by atoms with Crippen LogP contribution in [0.2, 0.25) is 0 Å². The zero-order chi connectivity index (χ0) is 25.1. The number of amides is 2. The van der Waals surface area contributed by atoms with Gasteiger partial charge in [-0.3, -0.25) is 25.5 Å².